The lowest BCUT2D eigenvalue weighted by molar-refractivity contribution is -0.138. The average molecular weight is 604 g/mol. The summed E-state index contributed by atoms with van der Waals surface area (Å²) >= 11 is 0. The molecule has 2 atom stereocenters. The lowest BCUT2D eigenvalue weighted by Crippen LogP contribution is -2.55. The maximum absolute atomic E-state index is 12.5. The Morgan fingerprint density at radius 1 is 0.837 bits per heavy atom. The Kier molecular flexibility index (Phi) is 11.9. The van der Waals surface area contributed by atoms with Gasteiger partial charge < -0.3 is 14.8 Å². The van der Waals surface area contributed by atoms with Crippen LogP contribution in [0.3, 0.4) is 0 Å². The van der Waals surface area contributed by atoms with E-state index in [-0.39, 0.29) is 53.7 Å². The summed E-state index contributed by atoms with van der Waals surface area (Å²) in [5.41, 5.74) is -0.557. The summed E-state index contributed by atoms with van der Waals surface area (Å²) in [6.07, 6.45) is 10.0. The number of ether oxygens (including phenoxy) is 2. The fourth-order valence-corrected chi connectivity index (χ4v) is 5.67. The van der Waals surface area contributed by atoms with Crippen molar-refractivity contribution in [2.24, 2.45) is 16.7 Å². The quantitative estimate of drug-likeness (QED) is 0.0940. The number of amides is 6. The SMILES string of the molecule is CC1(C)CC(NC(=O)OCCCCCN2C(=O)C=CC2=O)CCC1(C)CN(N)C(=O)OCCCCCN1C(=O)C=CC1=O. The van der Waals surface area contributed by atoms with Crippen molar-refractivity contribution in [2.75, 3.05) is 32.8 Å². The number of nitrogens with zero attached hydrogens (tertiary/aromatic N) is 3. The van der Waals surface area contributed by atoms with Gasteiger partial charge in [0.2, 0.25) is 0 Å². The molecule has 3 rings (SSSR count). The van der Waals surface area contributed by atoms with Crippen LogP contribution in [0.4, 0.5) is 9.59 Å². The molecule has 13 nitrogen and oxygen atoms in total. The molecule has 2 heterocycles. The molecule has 1 fully saturated rings. The van der Waals surface area contributed by atoms with E-state index in [1.54, 1.807) is 0 Å². The molecule has 0 aromatic rings. The molecule has 6 amide bonds. The van der Waals surface area contributed by atoms with Crippen LogP contribution in [0, 0.1) is 10.8 Å². The highest BCUT2D eigenvalue weighted by Crippen LogP contribution is 2.50. The summed E-state index contributed by atoms with van der Waals surface area (Å²) in [5.74, 6) is 4.92. The first-order chi connectivity index (χ1) is 20.3. The van der Waals surface area contributed by atoms with Gasteiger partial charge in [0.25, 0.3) is 23.6 Å². The topological polar surface area (TPSA) is 169 Å². The largest absolute Gasteiger partial charge is 0.450 e. The van der Waals surface area contributed by atoms with Crippen molar-refractivity contribution in [3.05, 3.63) is 24.3 Å². The van der Waals surface area contributed by atoms with E-state index in [0.717, 1.165) is 17.9 Å². The smallest absolute Gasteiger partial charge is 0.424 e. The van der Waals surface area contributed by atoms with E-state index >= 15 is 0 Å². The van der Waals surface area contributed by atoms with Crippen LogP contribution >= 0.6 is 0 Å². The number of unbranched alkanes of at least 4 members (excludes halogenated alkanes) is 4. The van der Waals surface area contributed by atoms with Crippen molar-refractivity contribution in [3.63, 3.8) is 0 Å². The van der Waals surface area contributed by atoms with Crippen molar-refractivity contribution in [3.8, 4) is 0 Å². The van der Waals surface area contributed by atoms with Gasteiger partial charge in [0.1, 0.15) is 0 Å². The summed E-state index contributed by atoms with van der Waals surface area (Å²) in [7, 11) is 0. The van der Waals surface area contributed by atoms with Crippen LogP contribution < -0.4 is 11.2 Å². The molecule has 0 aromatic heterocycles. The molecular weight excluding hydrogens is 558 g/mol. The summed E-state index contributed by atoms with van der Waals surface area (Å²) < 4.78 is 10.7. The second kappa shape index (κ2) is 15.1. The minimum Gasteiger partial charge on any atom is -0.450 e. The first kappa shape index (κ1) is 33.8. The van der Waals surface area contributed by atoms with Gasteiger partial charge in [-0.2, -0.15) is 0 Å². The van der Waals surface area contributed by atoms with Crippen molar-refractivity contribution >= 4 is 35.8 Å². The van der Waals surface area contributed by atoms with Gasteiger partial charge in [0, 0.05) is 50.0 Å². The highest BCUT2D eigenvalue weighted by atomic mass is 16.6. The minimum absolute atomic E-state index is 0.0737. The Morgan fingerprint density at radius 2 is 1.33 bits per heavy atom. The van der Waals surface area contributed by atoms with Gasteiger partial charge in [-0.3, -0.25) is 29.0 Å². The van der Waals surface area contributed by atoms with E-state index in [2.05, 4.69) is 26.1 Å². The zero-order valence-electron chi connectivity index (χ0n) is 25.5. The van der Waals surface area contributed by atoms with Crippen LogP contribution in [0.5, 0.6) is 0 Å². The van der Waals surface area contributed by atoms with Gasteiger partial charge >= 0.3 is 12.2 Å². The number of imide groups is 2. The van der Waals surface area contributed by atoms with Crippen molar-refractivity contribution in [1.29, 1.82) is 0 Å². The van der Waals surface area contributed by atoms with Crippen LogP contribution in [0.15, 0.2) is 24.3 Å². The number of nitrogens with two attached hydrogens (primary N) is 1. The summed E-state index contributed by atoms with van der Waals surface area (Å²) in [5, 5.41) is 4.07. The molecule has 1 aliphatic carbocycles. The van der Waals surface area contributed by atoms with Crippen LogP contribution in [0.2, 0.25) is 0 Å². The lowest BCUT2D eigenvalue weighted by atomic mass is 9.57. The Balaban J connectivity index is 1.28. The summed E-state index contributed by atoms with van der Waals surface area (Å²) in [6, 6.07) is -0.0737. The number of hydrazine groups is 1. The molecule has 2 unspecified atom stereocenters. The fraction of sp³-hybridized carbons (Fsp3) is 0.667. The third-order valence-electron chi connectivity index (χ3n) is 8.82. The summed E-state index contributed by atoms with van der Waals surface area (Å²) in [6.45, 7) is 7.72. The highest BCUT2D eigenvalue weighted by Gasteiger charge is 2.47. The first-order valence-electron chi connectivity index (χ1n) is 15.0. The zero-order valence-corrected chi connectivity index (χ0v) is 25.5. The first-order valence-corrected chi connectivity index (χ1v) is 15.0. The molecule has 43 heavy (non-hydrogen) atoms. The predicted molar refractivity (Wildman–Crippen MR) is 156 cm³/mol. The van der Waals surface area contributed by atoms with E-state index in [0.29, 0.717) is 64.6 Å². The molecule has 0 radical (unpaired) electrons. The fourth-order valence-electron chi connectivity index (χ4n) is 5.67. The van der Waals surface area contributed by atoms with Crippen LogP contribution in [0.1, 0.15) is 78.6 Å². The van der Waals surface area contributed by atoms with Crippen LogP contribution in [-0.4, -0.2) is 89.5 Å². The summed E-state index contributed by atoms with van der Waals surface area (Å²) in [4.78, 5) is 73.6. The molecule has 238 valence electrons. The number of carbonyl (C=O) groups is 6. The highest BCUT2D eigenvalue weighted by molar-refractivity contribution is 6.13. The number of nitrogens with one attached hydrogen (secondary N) is 1. The molecular formula is C30H45N5O8. The average Bonchev–Trinajstić information content (AvgIpc) is 3.44. The maximum atomic E-state index is 12.5. The molecule has 3 aliphatic rings. The van der Waals surface area contributed by atoms with E-state index in [4.69, 9.17) is 15.3 Å². The molecule has 0 aromatic carbocycles. The molecule has 1 saturated carbocycles. The van der Waals surface area contributed by atoms with E-state index in [1.165, 1.54) is 34.1 Å². The van der Waals surface area contributed by atoms with Gasteiger partial charge in [0.05, 0.1) is 13.2 Å². The number of hydrogen-bond acceptors (Lipinski definition) is 9. The third kappa shape index (κ3) is 9.37. The maximum Gasteiger partial charge on any atom is 0.424 e. The monoisotopic (exact) mass is 603 g/mol. The number of hydrogen-bond donors (Lipinski definition) is 2. The molecule has 0 spiro atoms. The Morgan fingerprint density at radius 3 is 1.81 bits per heavy atom. The molecule has 0 bridgehead atoms. The normalized spacial score (nSPS) is 22.8. The molecule has 13 heteroatoms. The van der Waals surface area contributed by atoms with E-state index < -0.39 is 12.2 Å². The number of alkyl carbamates (subject to hydrolysis) is 1. The Hall–Kier alpha value is -3.74. The molecule has 2 aliphatic heterocycles. The number of rotatable bonds is 15. The molecule has 3 N–H and O–H groups in total. The van der Waals surface area contributed by atoms with Crippen LogP contribution in [0.25, 0.3) is 0 Å². The minimum atomic E-state index is -0.606. The third-order valence-corrected chi connectivity index (χ3v) is 8.82. The second-order valence-electron chi connectivity index (χ2n) is 12.4. The van der Waals surface area contributed by atoms with Gasteiger partial charge in [-0.15, -0.1) is 0 Å². The second-order valence-corrected chi connectivity index (χ2v) is 12.4. The van der Waals surface area contributed by atoms with Crippen molar-refractivity contribution in [2.45, 2.75) is 84.6 Å². The zero-order chi connectivity index (χ0) is 31.6. The Bertz CT molecular complexity index is 1100. The van der Waals surface area contributed by atoms with Crippen molar-refractivity contribution in [1.82, 2.24) is 20.1 Å². The molecule has 0 saturated heterocycles. The van der Waals surface area contributed by atoms with Gasteiger partial charge in [-0.25, -0.2) is 20.4 Å². The van der Waals surface area contributed by atoms with Gasteiger partial charge in [-0.05, 0) is 68.6 Å². The van der Waals surface area contributed by atoms with E-state index in [9.17, 15) is 28.8 Å². The van der Waals surface area contributed by atoms with Crippen molar-refractivity contribution < 1.29 is 38.2 Å². The van der Waals surface area contributed by atoms with E-state index in [1.807, 2.05) is 0 Å². The number of carbonyl (C=O) groups excluding carboxylic acids is 6. The predicted octanol–water partition coefficient (Wildman–Crippen LogP) is 2.80. The lowest BCUT2D eigenvalue weighted by Gasteiger charge is -2.51. The van der Waals surface area contributed by atoms with Gasteiger partial charge in [-0.1, -0.05) is 20.8 Å². The van der Waals surface area contributed by atoms with Gasteiger partial charge in [0.15, 0.2) is 0 Å². The standard InChI is InChI=1S/C30H45N5O8/c1-29(2)20-22(32-27(40)42-18-8-4-6-16-33-23(36)10-11-24(33)37)14-15-30(29,3)21-35(31)28(41)43-19-9-5-7-17-34-25(38)12-13-26(34)39/h10-13,22H,4-9,14-21,31H2,1-3H3,(H,32,40). The Labute approximate surface area is 252 Å². The van der Waals surface area contributed by atoms with Crippen LogP contribution in [-0.2, 0) is 28.7 Å².